The Kier molecular flexibility index (Phi) is 4.68. The third-order valence-corrected chi connectivity index (χ3v) is 4.44. The van der Waals surface area contributed by atoms with Gasteiger partial charge in [0.15, 0.2) is 5.69 Å². The number of carbonyl (C=O) groups excluding carboxylic acids is 1. The number of aromatic amines is 1. The summed E-state index contributed by atoms with van der Waals surface area (Å²) in [5.41, 5.74) is 7.75. The molecule has 3 N–H and O–H groups in total. The summed E-state index contributed by atoms with van der Waals surface area (Å²) in [6.07, 6.45) is 4.12. The number of anilines is 1. The number of hydrogen-bond acceptors (Lipinski definition) is 3. The number of nitrogens with zero attached hydrogens (tertiary/aromatic N) is 2. The lowest BCUT2D eigenvalue weighted by atomic mass is 9.89. The van der Waals surface area contributed by atoms with E-state index < -0.39 is 0 Å². The second kappa shape index (κ2) is 6.29. The summed E-state index contributed by atoms with van der Waals surface area (Å²) >= 11 is 0. The van der Waals surface area contributed by atoms with E-state index in [1.165, 1.54) is 6.42 Å². The third-order valence-electron chi connectivity index (χ3n) is 4.44. The van der Waals surface area contributed by atoms with Gasteiger partial charge in [-0.05, 0) is 37.5 Å². The summed E-state index contributed by atoms with van der Waals surface area (Å²) in [6.45, 7) is 8.16. The highest BCUT2D eigenvalue weighted by atomic mass is 16.2. The Morgan fingerprint density at radius 3 is 2.80 bits per heavy atom. The molecule has 1 amide bonds. The van der Waals surface area contributed by atoms with E-state index in [2.05, 4.69) is 24.0 Å². The van der Waals surface area contributed by atoms with Crippen LogP contribution in [0.25, 0.3) is 0 Å². The van der Waals surface area contributed by atoms with Crippen LogP contribution in [0.1, 0.15) is 56.2 Å². The molecule has 0 aliphatic carbocycles. The summed E-state index contributed by atoms with van der Waals surface area (Å²) < 4.78 is 0. The number of amides is 1. The van der Waals surface area contributed by atoms with Crippen LogP contribution >= 0.6 is 0 Å². The molecule has 2 heterocycles. The van der Waals surface area contributed by atoms with E-state index in [0.717, 1.165) is 44.0 Å². The molecule has 0 saturated carbocycles. The van der Waals surface area contributed by atoms with Crippen molar-refractivity contribution in [3.05, 3.63) is 11.4 Å². The van der Waals surface area contributed by atoms with Crippen LogP contribution in [0.3, 0.4) is 0 Å². The molecule has 0 radical (unpaired) electrons. The fraction of sp³-hybridized carbons (Fsp3) is 0.733. The molecule has 1 aromatic heterocycles. The minimum absolute atomic E-state index is 0.0251. The fourth-order valence-electron chi connectivity index (χ4n) is 2.96. The molecule has 20 heavy (non-hydrogen) atoms. The van der Waals surface area contributed by atoms with Crippen molar-refractivity contribution in [3.8, 4) is 0 Å². The van der Waals surface area contributed by atoms with Gasteiger partial charge in [0.25, 0.3) is 5.91 Å². The van der Waals surface area contributed by atoms with Crippen LogP contribution in [0.2, 0.25) is 0 Å². The number of aryl methyl sites for hydroxylation is 1. The predicted molar refractivity (Wildman–Crippen MR) is 80.5 cm³/mol. The average Bonchev–Trinajstić information content (AvgIpc) is 2.65. The van der Waals surface area contributed by atoms with E-state index in [-0.39, 0.29) is 5.91 Å². The van der Waals surface area contributed by atoms with Crippen molar-refractivity contribution in [2.24, 2.45) is 11.8 Å². The van der Waals surface area contributed by atoms with Crippen molar-refractivity contribution in [1.82, 2.24) is 15.1 Å². The van der Waals surface area contributed by atoms with Gasteiger partial charge in [0.1, 0.15) is 0 Å². The Hall–Kier alpha value is -1.52. The number of nitrogen functional groups attached to an aromatic ring is 1. The minimum atomic E-state index is -0.0251. The smallest absolute Gasteiger partial charge is 0.276 e. The molecule has 1 aliphatic heterocycles. The lowest BCUT2D eigenvalue weighted by Gasteiger charge is -2.21. The molecular weight excluding hydrogens is 252 g/mol. The quantitative estimate of drug-likeness (QED) is 0.891. The number of carbonyl (C=O) groups is 1. The van der Waals surface area contributed by atoms with E-state index in [0.29, 0.717) is 17.3 Å². The first-order valence-corrected chi connectivity index (χ1v) is 7.66. The van der Waals surface area contributed by atoms with Gasteiger partial charge in [0.2, 0.25) is 0 Å². The van der Waals surface area contributed by atoms with Crippen molar-refractivity contribution in [1.29, 1.82) is 0 Å². The number of aromatic nitrogens is 2. The lowest BCUT2D eigenvalue weighted by molar-refractivity contribution is 0.0754. The predicted octanol–water partition coefficient (Wildman–Crippen LogP) is 2.45. The molecule has 1 atom stereocenters. The highest BCUT2D eigenvalue weighted by Gasteiger charge is 2.26. The fourth-order valence-corrected chi connectivity index (χ4v) is 2.96. The second-order valence-electron chi connectivity index (χ2n) is 6.05. The van der Waals surface area contributed by atoms with Crippen molar-refractivity contribution in [3.63, 3.8) is 0 Å². The Morgan fingerprint density at radius 2 is 2.20 bits per heavy atom. The van der Waals surface area contributed by atoms with E-state index in [4.69, 9.17) is 5.73 Å². The standard InChI is InChI=1S/C15H26N4O/c1-4-12-13(16)14(18-17-12)15(20)19-8-5-6-11(7-9-19)10(2)3/h10-11H,4-9,16H2,1-3H3,(H,17,18). The number of nitrogens with two attached hydrogens (primary N) is 1. The Morgan fingerprint density at radius 1 is 1.45 bits per heavy atom. The minimum Gasteiger partial charge on any atom is -0.395 e. The van der Waals surface area contributed by atoms with Gasteiger partial charge in [-0.1, -0.05) is 20.8 Å². The van der Waals surface area contributed by atoms with Crippen molar-refractivity contribution >= 4 is 11.6 Å². The van der Waals surface area contributed by atoms with Gasteiger partial charge >= 0.3 is 0 Å². The summed E-state index contributed by atoms with van der Waals surface area (Å²) in [4.78, 5) is 14.5. The maximum atomic E-state index is 12.5. The SMILES string of the molecule is CCc1[nH]nc(C(=O)N2CCCC(C(C)C)CC2)c1N. The molecule has 5 heteroatoms. The van der Waals surface area contributed by atoms with Gasteiger partial charge in [-0.3, -0.25) is 9.89 Å². The van der Waals surface area contributed by atoms with Crippen LogP contribution < -0.4 is 5.73 Å². The summed E-state index contributed by atoms with van der Waals surface area (Å²) in [7, 11) is 0. The Bertz CT molecular complexity index is 466. The summed E-state index contributed by atoms with van der Waals surface area (Å²) in [5.74, 6) is 1.38. The van der Waals surface area contributed by atoms with Crippen LogP contribution in [-0.2, 0) is 6.42 Å². The molecule has 1 saturated heterocycles. The third kappa shape index (κ3) is 2.97. The highest BCUT2D eigenvalue weighted by molar-refractivity contribution is 5.97. The lowest BCUT2D eigenvalue weighted by Crippen LogP contribution is -2.33. The summed E-state index contributed by atoms with van der Waals surface area (Å²) in [6, 6.07) is 0. The monoisotopic (exact) mass is 278 g/mol. The first kappa shape index (κ1) is 14.9. The second-order valence-corrected chi connectivity index (χ2v) is 6.05. The van der Waals surface area contributed by atoms with E-state index in [1.54, 1.807) is 0 Å². The molecule has 1 unspecified atom stereocenters. The van der Waals surface area contributed by atoms with Gasteiger partial charge in [0.05, 0.1) is 11.4 Å². The molecule has 112 valence electrons. The zero-order valence-corrected chi connectivity index (χ0v) is 12.8. The molecular formula is C15H26N4O. The maximum absolute atomic E-state index is 12.5. The molecule has 1 fully saturated rings. The molecule has 1 aromatic rings. The zero-order chi connectivity index (χ0) is 14.7. The number of nitrogens with one attached hydrogen (secondary N) is 1. The van der Waals surface area contributed by atoms with Crippen LogP contribution in [0, 0.1) is 11.8 Å². The molecule has 2 rings (SSSR count). The first-order chi connectivity index (χ1) is 9.54. The van der Waals surface area contributed by atoms with Gasteiger partial charge in [-0.15, -0.1) is 0 Å². The van der Waals surface area contributed by atoms with E-state index in [9.17, 15) is 4.79 Å². The van der Waals surface area contributed by atoms with Gasteiger partial charge in [0, 0.05) is 13.1 Å². The molecule has 5 nitrogen and oxygen atoms in total. The van der Waals surface area contributed by atoms with Crippen LogP contribution in [-0.4, -0.2) is 34.1 Å². The number of hydrogen-bond donors (Lipinski definition) is 2. The van der Waals surface area contributed by atoms with Crippen molar-refractivity contribution in [2.45, 2.75) is 46.5 Å². The van der Waals surface area contributed by atoms with E-state index in [1.807, 2.05) is 11.8 Å². The van der Waals surface area contributed by atoms with Gasteiger partial charge in [-0.25, -0.2) is 0 Å². The number of likely N-dealkylation sites (tertiary alicyclic amines) is 1. The largest absolute Gasteiger partial charge is 0.395 e. The zero-order valence-electron chi connectivity index (χ0n) is 12.8. The molecule has 0 spiro atoms. The number of H-pyrrole nitrogens is 1. The molecule has 0 aromatic carbocycles. The maximum Gasteiger partial charge on any atom is 0.276 e. The van der Waals surface area contributed by atoms with Gasteiger partial charge in [-0.2, -0.15) is 5.10 Å². The van der Waals surface area contributed by atoms with Gasteiger partial charge < -0.3 is 10.6 Å². The Balaban J connectivity index is 2.07. The number of rotatable bonds is 3. The molecule has 1 aliphatic rings. The highest BCUT2D eigenvalue weighted by Crippen LogP contribution is 2.26. The molecule has 0 bridgehead atoms. The topological polar surface area (TPSA) is 75.0 Å². The average molecular weight is 278 g/mol. The first-order valence-electron chi connectivity index (χ1n) is 7.66. The van der Waals surface area contributed by atoms with E-state index >= 15 is 0 Å². The Labute approximate surface area is 120 Å². The summed E-state index contributed by atoms with van der Waals surface area (Å²) in [5, 5.41) is 6.97. The van der Waals surface area contributed by atoms with Crippen LogP contribution in [0.15, 0.2) is 0 Å². The van der Waals surface area contributed by atoms with Crippen molar-refractivity contribution in [2.75, 3.05) is 18.8 Å². The van der Waals surface area contributed by atoms with Crippen LogP contribution in [0.4, 0.5) is 5.69 Å². The van der Waals surface area contributed by atoms with Crippen molar-refractivity contribution < 1.29 is 4.79 Å². The van der Waals surface area contributed by atoms with Crippen LogP contribution in [0.5, 0.6) is 0 Å². The normalized spacial score (nSPS) is 20.2.